The lowest BCUT2D eigenvalue weighted by Gasteiger charge is -2.55. The SMILES string of the molecule is C=CCN1CC(=O)N2[C@@H](Cc3ccc(OP(=O)(O)N([O-])CC)cc3)C(=O)N(Cc3cccc4c(C(=O)CC(C)(C)C)cn(C)c34)C[C@@H]2N1C(=O)NCc1ccccc1. The van der Waals surface area contributed by atoms with Crippen LogP contribution in [0.4, 0.5) is 4.79 Å². The second kappa shape index (κ2) is 17.3. The Bertz CT molecular complexity index is 2220. The number of hydrazine groups is 1. The van der Waals surface area contributed by atoms with Crippen molar-refractivity contribution in [1.29, 1.82) is 0 Å². The Morgan fingerprint density at radius 1 is 1.05 bits per heavy atom. The van der Waals surface area contributed by atoms with Crippen LogP contribution in [0.1, 0.15) is 61.2 Å². The zero-order valence-corrected chi connectivity index (χ0v) is 34.4. The molecule has 2 aliphatic rings. The number of ketones is 1. The third-order valence-corrected chi connectivity index (χ3v) is 11.5. The highest BCUT2D eigenvalue weighted by Gasteiger charge is 2.51. The first-order chi connectivity index (χ1) is 27.5. The lowest BCUT2D eigenvalue weighted by Crippen LogP contribution is -2.76. The Labute approximate surface area is 338 Å². The molecule has 3 atom stereocenters. The van der Waals surface area contributed by atoms with E-state index in [2.05, 4.69) is 11.9 Å². The fraction of sp³-hybridized carbons (Fsp3) is 0.381. The van der Waals surface area contributed by atoms with Gasteiger partial charge in [-0.1, -0.05) is 94.4 Å². The molecule has 2 fully saturated rings. The number of hydrogen-bond donors (Lipinski definition) is 2. The molecule has 3 aromatic carbocycles. The van der Waals surface area contributed by atoms with Gasteiger partial charge in [0.15, 0.2) is 5.78 Å². The van der Waals surface area contributed by atoms with Gasteiger partial charge in [0.25, 0.3) is 0 Å². The van der Waals surface area contributed by atoms with Crippen molar-refractivity contribution in [1.82, 2.24) is 34.5 Å². The third kappa shape index (κ3) is 9.19. The number of piperazine rings is 1. The molecule has 1 unspecified atom stereocenters. The Kier molecular flexibility index (Phi) is 12.6. The number of nitrogens with zero attached hydrogens (tertiary/aromatic N) is 6. The highest BCUT2D eigenvalue weighted by Crippen LogP contribution is 2.45. The Balaban J connectivity index is 1.37. The largest absolute Gasteiger partial charge is 0.776 e. The van der Waals surface area contributed by atoms with E-state index >= 15 is 0 Å². The van der Waals surface area contributed by atoms with Gasteiger partial charge in [0.1, 0.15) is 18.0 Å². The number of urea groups is 1. The van der Waals surface area contributed by atoms with Crippen LogP contribution < -0.4 is 9.84 Å². The van der Waals surface area contributed by atoms with E-state index in [0.29, 0.717) is 17.5 Å². The second-order valence-electron chi connectivity index (χ2n) is 15.9. The fourth-order valence-electron chi connectivity index (χ4n) is 7.65. The van der Waals surface area contributed by atoms with Crippen LogP contribution in [-0.2, 0) is 40.7 Å². The van der Waals surface area contributed by atoms with Gasteiger partial charge in [0, 0.05) is 56.7 Å². The molecule has 0 bridgehead atoms. The number of amides is 4. The van der Waals surface area contributed by atoms with E-state index in [4.69, 9.17) is 4.52 Å². The molecule has 16 heteroatoms. The number of fused-ring (bicyclic) bond motifs is 2. The molecule has 2 N–H and O–H groups in total. The lowest BCUT2D eigenvalue weighted by atomic mass is 9.87. The first kappa shape index (κ1) is 42.3. The fourth-order valence-corrected chi connectivity index (χ4v) is 8.50. The zero-order valence-electron chi connectivity index (χ0n) is 33.5. The van der Waals surface area contributed by atoms with Crippen LogP contribution in [-0.4, -0.2) is 96.1 Å². The molecule has 4 aromatic rings. The highest BCUT2D eigenvalue weighted by atomic mass is 31.2. The van der Waals surface area contributed by atoms with E-state index in [9.17, 15) is 33.8 Å². The standard InChI is InChI=1S/C42H51N7O8P/c1-7-21-46-28-38(51)48-35(22-29-17-19-32(20-18-29)57-58(55,56)47(54)8-2)40(52)45(27-37(48)49(46)41(53)43-24-30-13-10-9-11-14-30)25-31-15-12-16-33-34(26-44(6)39(31)33)36(50)23-42(3,4)5/h7,9-20,26,35,37H,1,8,21-25,27-28H2,2-6H3,(H,43,53)(H,55,56)/q-1/t35-,37-/m0/s1. The van der Waals surface area contributed by atoms with Crippen molar-refractivity contribution >= 4 is 42.3 Å². The minimum absolute atomic E-state index is 0.00815. The predicted octanol–water partition coefficient (Wildman–Crippen LogP) is 5.83. The minimum Gasteiger partial charge on any atom is -0.776 e. The van der Waals surface area contributed by atoms with E-state index < -0.39 is 26.0 Å². The molecule has 58 heavy (non-hydrogen) atoms. The average molecular weight is 813 g/mol. The smallest absolute Gasteiger partial charge is 0.446 e. The maximum absolute atomic E-state index is 14.8. The van der Waals surface area contributed by atoms with E-state index in [1.54, 1.807) is 28.1 Å². The molecular formula is C42H51N7O8P-. The highest BCUT2D eigenvalue weighted by molar-refractivity contribution is 7.50. The summed E-state index contributed by atoms with van der Waals surface area (Å²) in [4.78, 5) is 69.8. The number of Topliss-reactive ketones (excluding diaryl/α,β-unsaturated/α-hetero) is 1. The number of carbonyl (C=O) groups excluding carboxylic acids is 4. The number of para-hydroxylation sites is 1. The van der Waals surface area contributed by atoms with E-state index in [1.165, 1.54) is 29.0 Å². The zero-order chi connectivity index (χ0) is 41.9. The van der Waals surface area contributed by atoms with Gasteiger partial charge in [-0.25, -0.2) is 19.4 Å². The summed E-state index contributed by atoms with van der Waals surface area (Å²) in [6.07, 6.45) is 2.93. The van der Waals surface area contributed by atoms with Crippen molar-refractivity contribution in [3.05, 3.63) is 119 Å². The molecule has 0 spiro atoms. The summed E-state index contributed by atoms with van der Waals surface area (Å²) < 4.78 is 19.4. The van der Waals surface area contributed by atoms with Crippen LogP contribution in [0.3, 0.4) is 0 Å². The number of benzene rings is 3. The van der Waals surface area contributed by atoms with Crippen LogP contribution in [0.2, 0.25) is 0 Å². The molecule has 1 aromatic heterocycles. The molecule has 2 saturated heterocycles. The van der Waals surface area contributed by atoms with Crippen LogP contribution in [0, 0.1) is 10.6 Å². The summed E-state index contributed by atoms with van der Waals surface area (Å²) >= 11 is 0. The molecule has 0 aliphatic carbocycles. The quantitative estimate of drug-likeness (QED) is 0.0683. The number of hydroxylamine groups is 1. The maximum Gasteiger partial charge on any atom is 0.446 e. The summed E-state index contributed by atoms with van der Waals surface area (Å²) in [7, 11) is -2.77. The van der Waals surface area contributed by atoms with Crippen LogP contribution in [0.5, 0.6) is 5.75 Å². The number of rotatable bonds is 14. The maximum atomic E-state index is 14.8. The number of carbonyl (C=O) groups is 4. The average Bonchev–Trinajstić information content (AvgIpc) is 3.52. The minimum atomic E-state index is -4.63. The van der Waals surface area contributed by atoms with Crippen molar-refractivity contribution in [2.45, 2.75) is 65.8 Å². The molecule has 4 amide bonds. The summed E-state index contributed by atoms with van der Waals surface area (Å²) in [5.41, 5.74) is 3.46. The molecule has 308 valence electrons. The van der Waals surface area contributed by atoms with Crippen molar-refractivity contribution in [2.24, 2.45) is 12.5 Å². The monoisotopic (exact) mass is 812 g/mol. The summed E-state index contributed by atoms with van der Waals surface area (Å²) in [6, 6.07) is 19.7. The van der Waals surface area contributed by atoms with Gasteiger partial charge in [-0.2, -0.15) is 0 Å². The molecular weight excluding hydrogens is 761 g/mol. The van der Waals surface area contributed by atoms with Gasteiger partial charge in [-0.3, -0.25) is 19.2 Å². The molecule has 15 nitrogen and oxygen atoms in total. The van der Waals surface area contributed by atoms with Gasteiger partial charge >= 0.3 is 13.8 Å². The third-order valence-electron chi connectivity index (χ3n) is 10.2. The molecule has 2 aliphatic heterocycles. The number of hydrogen-bond acceptors (Lipinski definition) is 8. The number of aryl methyl sites for hydroxylation is 1. The van der Waals surface area contributed by atoms with Crippen molar-refractivity contribution in [2.75, 3.05) is 26.2 Å². The normalized spacial score (nSPS) is 18.7. The lowest BCUT2D eigenvalue weighted by molar-refractivity contribution is -0.189. The van der Waals surface area contributed by atoms with Gasteiger partial charge in [0.05, 0.1) is 18.6 Å². The Morgan fingerprint density at radius 3 is 2.41 bits per heavy atom. The summed E-state index contributed by atoms with van der Waals surface area (Å²) in [5, 5.41) is 18.8. The van der Waals surface area contributed by atoms with Crippen molar-refractivity contribution < 1.29 is 33.2 Å². The van der Waals surface area contributed by atoms with Crippen molar-refractivity contribution in [3.63, 3.8) is 0 Å². The Hall–Kier alpha value is -5.31. The van der Waals surface area contributed by atoms with E-state index in [0.717, 1.165) is 22.0 Å². The number of aromatic nitrogens is 1. The van der Waals surface area contributed by atoms with E-state index in [1.807, 2.05) is 87.1 Å². The first-order valence-electron chi connectivity index (χ1n) is 19.2. The van der Waals surface area contributed by atoms with Crippen LogP contribution in [0.25, 0.3) is 10.9 Å². The topological polar surface area (TPSA) is 171 Å². The van der Waals surface area contributed by atoms with Crippen LogP contribution in [0.15, 0.2) is 91.6 Å². The first-order valence-corrected chi connectivity index (χ1v) is 20.8. The molecule has 0 saturated carbocycles. The Morgan fingerprint density at radius 2 is 1.76 bits per heavy atom. The van der Waals surface area contributed by atoms with Gasteiger partial charge in [0.2, 0.25) is 11.8 Å². The summed E-state index contributed by atoms with van der Waals surface area (Å²) in [5.74, 6) is -0.689. The van der Waals surface area contributed by atoms with Gasteiger partial charge in [-0.15, -0.1) is 6.58 Å². The number of nitrogens with one attached hydrogen (secondary N) is 1. The molecule has 6 rings (SSSR count). The van der Waals surface area contributed by atoms with Gasteiger partial charge < -0.3 is 34.3 Å². The predicted molar refractivity (Wildman–Crippen MR) is 220 cm³/mol. The second-order valence-corrected chi connectivity index (χ2v) is 17.5. The van der Waals surface area contributed by atoms with Gasteiger partial charge in [-0.05, 0) is 40.8 Å². The van der Waals surface area contributed by atoms with Crippen molar-refractivity contribution in [3.8, 4) is 5.75 Å². The summed E-state index contributed by atoms with van der Waals surface area (Å²) in [6.45, 7) is 11.5. The molecule has 3 heterocycles. The van der Waals surface area contributed by atoms with E-state index in [-0.39, 0.29) is 79.3 Å². The molecule has 0 radical (unpaired) electrons. The van der Waals surface area contributed by atoms with Crippen LogP contribution >= 0.6 is 7.75 Å².